The Kier molecular flexibility index (Phi) is 5.56. The monoisotopic (exact) mass is 357 g/mol. The van der Waals surface area contributed by atoms with E-state index in [0.29, 0.717) is 17.0 Å². The van der Waals surface area contributed by atoms with E-state index in [1.54, 1.807) is 0 Å². The van der Waals surface area contributed by atoms with Crippen molar-refractivity contribution in [3.63, 3.8) is 0 Å². The molecule has 23 heavy (non-hydrogen) atoms. The van der Waals surface area contributed by atoms with Crippen LogP contribution in [0, 0.1) is 0 Å². The molecule has 1 unspecified atom stereocenters. The normalized spacial score (nSPS) is 20.7. The van der Waals surface area contributed by atoms with Gasteiger partial charge in [-0.05, 0) is 42.7 Å². The standard InChI is InChI=1S/C15H16ClNO5S/c16-11-2-5-13(6-3-11)23(21,22)17-12-4-7-14(18)10(9-12)1-8-15(19)20/h1-3,5-6,12,17H,4,7-9H2,(H,19,20)/b10-1-. The maximum absolute atomic E-state index is 12.3. The summed E-state index contributed by atoms with van der Waals surface area (Å²) >= 11 is 5.74. The number of halogens is 1. The lowest BCUT2D eigenvalue weighted by Gasteiger charge is -2.24. The molecule has 1 aliphatic carbocycles. The number of carbonyl (C=O) groups excluding carboxylic acids is 1. The molecule has 124 valence electrons. The summed E-state index contributed by atoms with van der Waals surface area (Å²) in [6.45, 7) is 0. The summed E-state index contributed by atoms with van der Waals surface area (Å²) in [5.41, 5.74) is 0.363. The van der Waals surface area contributed by atoms with E-state index < -0.39 is 22.0 Å². The Morgan fingerprint density at radius 2 is 2.00 bits per heavy atom. The lowest BCUT2D eigenvalue weighted by atomic mass is 9.89. The van der Waals surface area contributed by atoms with Crippen LogP contribution in [0.25, 0.3) is 0 Å². The molecule has 1 atom stereocenters. The average Bonchev–Trinajstić information content (AvgIpc) is 2.48. The zero-order valence-electron chi connectivity index (χ0n) is 12.2. The molecule has 6 nitrogen and oxygen atoms in total. The van der Waals surface area contributed by atoms with E-state index in [9.17, 15) is 18.0 Å². The van der Waals surface area contributed by atoms with E-state index >= 15 is 0 Å². The zero-order valence-corrected chi connectivity index (χ0v) is 13.7. The number of aliphatic carboxylic acids is 1. The van der Waals surface area contributed by atoms with Crippen LogP contribution in [0.2, 0.25) is 5.02 Å². The van der Waals surface area contributed by atoms with Gasteiger partial charge < -0.3 is 5.11 Å². The number of carbonyl (C=O) groups is 2. The van der Waals surface area contributed by atoms with E-state index in [0.717, 1.165) is 0 Å². The molecule has 1 aromatic rings. The minimum Gasteiger partial charge on any atom is -0.481 e. The molecule has 0 heterocycles. The maximum Gasteiger partial charge on any atom is 0.307 e. The highest BCUT2D eigenvalue weighted by Crippen LogP contribution is 2.23. The van der Waals surface area contributed by atoms with Gasteiger partial charge in [-0.1, -0.05) is 17.7 Å². The number of carboxylic acid groups (broad SMARTS) is 1. The van der Waals surface area contributed by atoms with Gasteiger partial charge in [0.05, 0.1) is 11.3 Å². The summed E-state index contributed by atoms with van der Waals surface area (Å²) in [6, 6.07) is 5.34. The third-order valence-electron chi connectivity index (χ3n) is 3.51. The largest absolute Gasteiger partial charge is 0.481 e. The predicted molar refractivity (Wildman–Crippen MR) is 84.8 cm³/mol. The lowest BCUT2D eigenvalue weighted by Crippen LogP contribution is -2.38. The third-order valence-corrected chi connectivity index (χ3v) is 5.30. The van der Waals surface area contributed by atoms with Gasteiger partial charge in [0.2, 0.25) is 10.0 Å². The second-order valence-electron chi connectivity index (χ2n) is 5.27. The molecule has 0 aliphatic heterocycles. The molecule has 1 saturated carbocycles. The van der Waals surface area contributed by atoms with Crippen LogP contribution in [-0.4, -0.2) is 31.3 Å². The van der Waals surface area contributed by atoms with Crippen LogP contribution in [0.5, 0.6) is 0 Å². The number of carboxylic acids is 1. The number of nitrogens with one attached hydrogen (secondary N) is 1. The van der Waals surface area contributed by atoms with Crippen molar-refractivity contribution in [1.29, 1.82) is 0 Å². The average molecular weight is 358 g/mol. The molecule has 1 aliphatic rings. The predicted octanol–water partition coefficient (Wildman–Crippen LogP) is 2.14. The molecule has 8 heteroatoms. The number of hydrogen-bond acceptors (Lipinski definition) is 4. The van der Waals surface area contributed by atoms with Crippen LogP contribution in [0.1, 0.15) is 25.7 Å². The Hall–Kier alpha value is -1.70. The van der Waals surface area contributed by atoms with Crippen molar-refractivity contribution >= 4 is 33.4 Å². The van der Waals surface area contributed by atoms with Gasteiger partial charge in [-0.15, -0.1) is 0 Å². The van der Waals surface area contributed by atoms with Gasteiger partial charge in [-0.25, -0.2) is 13.1 Å². The van der Waals surface area contributed by atoms with Gasteiger partial charge in [-0.2, -0.15) is 0 Å². The van der Waals surface area contributed by atoms with E-state index in [2.05, 4.69) is 4.72 Å². The number of rotatable bonds is 5. The molecule has 1 aromatic carbocycles. The Balaban J connectivity index is 2.10. The van der Waals surface area contributed by atoms with E-state index in [-0.39, 0.29) is 29.9 Å². The van der Waals surface area contributed by atoms with E-state index in [1.165, 1.54) is 30.3 Å². The number of ketones is 1. The van der Waals surface area contributed by atoms with Crippen molar-refractivity contribution in [2.45, 2.75) is 36.6 Å². The first kappa shape index (κ1) is 17.7. The first-order valence-electron chi connectivity index (χ1n) is 7.00. The topological polar surface area (TPSA) is 101 Å². The van der Waals surface area contributed by atoms with Crippen molar-refractivity contribution in [3.05, 3.63) is 40.9 Å². The van der Waals surface area contributed by atoms with Gasteiger partial charge in [0, 0.05) is 17.5 Å². The van der Waals surface area contributed by atoms with Gasteiger partial charge in [0.25, 0.3) is 0 Å². The van der Waals surface area contributed by atoms with Crippen LogP contribution in [0.15, 0.2) is 40.8 Å². The molecule has 0 bridgehead atoms. The fourth-order valence-corrected chi connectivity index (χ4v) is 3.75. The number of hydrogen-bond donors (Lipinski definition) is 2. The Bertz CT molecular complexity index is 740. The Labute approximate surface area is 139 Å². The Morgan fingerprint density at radius 3 is 2.61 bits per heavy atom. The summed E-state index contributed by atoms with van der Waals surface area (Å²) in [7, 11) is -3.71. The van der Waals surface area contributed by atoms with E-state index in [1.807, 2.05) is 0 Å². The van der Waals surface area contributed by atoms with Crippen molar-refractivity contribution in [2.24, 2.45) is 0 Å². The fraction of sp³-hybridized carbons (Fsp3) is 0.333. The van der Waals surface area contributed by atoms with Crippen molar-refractivity contribution in [3.8, 4) is 0 Å². The van der Waals surface area contributed by atoms with Gasteiger partial charge >= 0.3 is 5.97 Å². The van der Waals surface area contributed by atoms with Crippen LogP contribution in [0.3, 0.4) is 0 Å². The first-order chi connectivity index (χ1) is 10.8. The summed E-state index contributed by atoms with van der Waals surface area (Å²) < 4.78 is 27.2. The van der Waals surface area contributed by atoms with Gasteiger partial charge in [0.15, 0.2) is 5.78 Å². The number of Topliss-reactive ketones (excluding diaryl/α,β-unsaturated/α-hetero) is 1. The highest BCUT2D eigenvalue weighted by atomic mass is 35.5. The van der Waals surface area contributed by atoms with Crippen LogP contribution >= 0.6 is 11.6 Å². The van der Waals surface area contributed by atoms with Crippen LogP contribution in [0.4, 0.5) is 0 Å². The summed E-state index contributed by atoms with van der Waals surface area (Å²) in [6.07, 6.45) is 1.87. The Morgan fingerprint density at radius 1 is 1.35 bits per heavy atom. The SMILES string of the molecule is O=C(O)C/C=C1/CC(NS(=O)(=O)c2ccc(Cl)cc2)CCC1=O. The fourth-order valence-electron chi connectivity index (χ4n) is 2.36. The summed E-state index contributed by atoms with van der Waals surface area (Å²) in [4.78, 5) is 22.5. The van der Waals surface area contributed by atoms with Crippen molar-refractivity contribution in [2.75, 3.05) is 0 Å². The second kappa shape index (κ2) is 7.25. The van der Waals surface area contributed by atoms with Gasteiger partial charge in [-0.3, -0.25) is 9.59 Å². The summed E-state index contributed by atoms with van der Waals surface area (Å²) in [5.74, 6) is -1.16. The number of sulfonamides is 1. The minimum absolute atomic E-state index is 0.0925. The zero-order chi connectivity index (χ0) is 17.0. The van der Waals surface area contributed by atoms with Crippen LogP contribution in [-0.2, 0) is 19.6 Å². The molecule has 2 N–H and O–H groups in total. The first-order valence-corrected chi connectivity index (χ1v) is 8.86. The molecule has 2 rings (SSSR count). The third kappa shape index (κ3) is 4.89. The van der Waals surface area contributed by atoms with Gasteiger partial charge in [0.1, 0.15) is 0 Å². The molecule has 1 fully saturated rings. The maximum atomic E-state index is 12.3. The van der Waals surface area contributed by atoms with E-state index in [4.69, 9.17) is 16.7 Å². The molecule has 0 amide bonds. The number of benzene rings is 1. The van der Waals surface area contributed by atoms with Crippen LogP contribution < -0.4 is 4.72 Å². The quantitative estimate of drug-likeness (QED) is 0.786. The second-order valence-corrected chi connectivity index (χ2v) is 7.42. The molecule has 0 radical (unpaired) electrons. The van der Waals surface area contributed by atoms with Crippen molar-refractivity contribution < 1.29 is 23.1 Å². The highest BCUT2D eigenvalue weighted by molar-refractivity contribution is 7.89. The lowest BCUT2D eigenvalue weighted by molar-refractivity contribution is -0.136. The van der Waals surface area contributed by atoms with Crippen molar-refractivity contribution in [1.82, 2.24) is 4.72 Å². The smallest absolute Gasteiger partial charge is 0.307 e. The molecule has 0 saturated heterocycles. The molecule has 0 aromatic heterocycles. The molecule has 0 spiro atoms. The summed E-state index contributed by atoms with van der Waals surface area (Å²) in [5, 5.41) is 9.11. The highest BCUT2D eigenvalue weighted by Gasteiger charge is 2.27. The molecular formula is C15H16ClNO5S. The molecular weight excluding hydrogens is 342 g/mol. The minimum atomic E-state index is -3.71.